The molecule has 0 unspecified atom stereocenters. The number of fused-ring (bicyclic) bond motifs is 1. The van der Waals surface area contributed by atoms with Crippen molar-refractivity contribution in [3.8, 4) is 5.75 Å². The first-order chi connectivity index (χ1) is 12.6. The van der Waals surface area contributed by atoms with Crippen LogP contribution >= 0.6 is 11.8 Å². The standard InChI is InChI=1S/C18H17N3O4S/c1-11-7-8-12(9-15(11)24-2)17(23)21-20-16(22)10-26-18-19-13-5-3-4-6-14(13)25-18/h3-9H,10H2,1-2H3,(H,20,22)(H,21,23). The Kier molecular flexibility index (Phi) is 5.43. The van der Waals surface area contributed by atoms with E-state index in [0.717, 1.165) is 22.8 Å². The van der Waals surface area contributed by atoms with Crippen LogP contribution < -0.4 is 15.6 Å². The van der Waals surface area contributed by atoms with E-state index in [2.05, 4.69) is 15.8 Å². The smallest absolute Gasteiger partial charge is 0.269 e. The van der Waals surface area contributed by atoms with Gasteiger partial charge in [0.25, 0.3) is 11.1 Å². The third-order valence-electron chi connectivity index (χ3n) is 3.59. The van der Waals surface area contributed by atoms with Gasteiger partial charge in [0.1, 0.15) is 11.3 Å². The highest BCUT2D eigenvalue weighted by molar-refractivity contribution is 7.99. The average Bonchev–Trinajstić information content (AvgIpc) is 3.07. The van der Waals surface area contributed by atoms with E-state index in [1.54, 1.807) is 18.2 Å². The molecule has 3 rings (SSSR count). The Labute approximate surface area is 154 Å². The second-order valence-corrected chi connectivity index (χ2v) is 6.35. The maximum absolute atomic E-state index is 12.1. The van der Waals surface area contributed by atoms with Gasteiger partial charge in [-0.1, -0.05) is 30.0 Å². The molecule has 0 aliphatic rings. The third kappa shape index (κ3) is 4.15. The van der Waals surface area contributed by atoms with Gasteiger partial charge in [0, 0.05) is 5.56 Å². The second-order valence-electron chi connectivity index (χ2n) is 5.42. The lowest BCUT2D eigenvalue weighted by molar-refractivity contribution is -0.119. The van der Waals surface area contributed by atoms with Crippen molar-refractivity contribution in [1.29, 1.82) is 0 Å². The van der Waals surface area contributed by atoms with Crippen molar-refractivity contribution >= 4 is 34.7 Å². The number of amides is 2. The third-order valence-corrected chi connectivity index (χ3v) is 4.41. The van der Waals surface area contributed by atoms with E-state index < -0.39 is 5.91 Å². The van der Waals surface area contributed by atoms with Crippen LogP contribution in [0.4, 0.5) is 0 Å². The number of rotatable bonds is 5. The molecule has 0 aliphatic carbocycles. The molecule has 0 spiro atoms. The summed E-state index contributed by atoms with van der Waals surface area (Å²) in [5.74, 6) is -0.131. The number of ether oxygens (including phenoxy) is 1. The zero-order valence-corrected chi connectivity index (χ0v) is 15.1. The second kappa shape index (κ2) is 7.92. The van der Waals surface area contributed by atoms with Gasteiger partial charge in [-0.3, -0.25) is 20.4 Å². The highest BCUT2D eigenvalue weighted by Gasteiger charge is 2.12. The zero-order chi connectivity index (χ0) is 18.5. The number of hydrogen-bond donors (Lipinski definition) is 2. The van der Waals surface area contributed by atoms with Crippen LogP contribution in [-0.4, -0.2) is 29.7 Å². The number of thioether (sulfide) groups is 1. The first-order valence-corrected chi connectivity index (χ1v) is 8.77. The van der Waals surface area contributed by atoms with Crippen molar-refractivity contribution in [3.05, 3.63) is 53.6 Å². The largest absolute Gasteiger partial charge is 0.496 e. The molecule has 2 amide bonds. The summed E-state index contributed by atoms with van der Waals surface area (Å²) in [6.07, 6.45) is 0. The Morgan fingerprint density at radius 3 is 2.77 bits per heavy atom. The number of nitrogens with one attached hydrogen (secondary N) is 2. The molecule has 0 saturated carbocycles. The number of carbonyl (C=O) groups is 2. The van der Waals surface area contributed by atoms with Crippen LogP contribution in [-0.2, 0) is 4.79 Å². The number of oxazole rings is 1. The van der Waals surface area contributed by atoms with Crippen molar-refractivity contribution in [2.45, 2.75) is 12.1 Å². The fraction of sp³-hybridized carbons (Fsp3) is 0.167. The summed E-state index contributed by atoms with van der Waals surface area (Å²) in [6.45, 7) is 1.88. The first-order valence-electron chi connectivity index (χ1n) is 7.79. The molecule has 7 nitrogen and oxygen atoms in total. The summed E-state index contributed by atoms with van der Waals surface area (Å²) in [4.78, 5) is 28.3. The molecule has 2 N–H and O–H groups in total. The van der Waals surface area contributed by atoms with Gasteiger partial charge in [-0.05, 0) is 36.8 Å². The quantitative estimate of drug-likeness (QED) is 0.529. The van der Waals surface area contributed by atoms with Crippen molar-refractivity contribution in [2.24, 2.45) is 0 Å². The molecule has 0 atom stereocenters. The van der Waals surface area contributed by atoms with Crippen molar-refractivity contribution in [3.63, 3.8) is 0 Å². The lowest BCUT2D eigenvalue weighted by atomic mass is 10.1. The van der Waals surface area contributed by atoms with E-state index in [0.29, 0.717) is 22.1 Å². The first kappa shape index (κ1) is 17.8. The molecule has 0 fully saturated rings. The van der Waals surface area contributed by atoms with Gasteiger partial charge in [0.15, 0.2) is 5.58 Å². The molecular formula is C18H17N3O4S. The van der Waals surface area contributed by atoms with Gasteiger partial charge in [-0.2, -0.15) is 0 Å². The van der Waals surface area contributed by atoms with Gasteiger partial charge in [0.2, 0.25) is 5.91 Å². The summed E-state index contributed by atoms with van der Waals surface area (Å²) >= 11 is 1.15. The molecule has 134 valence electrons. The average molecular weight is 371 g/mol. The Bertz CT molecular complexity index is 922. The van der Waals surface area contributed by atoms with Gasteiger partial charge < -0.3 is 9.15 Å². The van der Waals surface area contributed by atoms with E-state index >= 15 is 0 Å². The number of nitrogens with zero attached hydrogens (tertiary/aromatic N) is 1. The highest BCUT2D eigenvalue weighted by Crippen LogP contribution is 2.22. The van der Waals surface area contributed by atoms with Crippen LogP contribution in [0.15, 0.2) is 52.1 Å². The molecule has 1 aromatic heterocycles. The van der Waals surface area contributed by atoms with Crippen LogP contribution in [0.1, 0.15) is 15.9 Å². The predicted octanol–water partition coefficient (Wildman–Crippen LogP) is 2.70. The summed E-state index contributed by atoms with van der Waals surface area (Å²) < 4.78 is 10.7. The summed E-state index contributed by atoms with van der Waals surface area (Å²) in [7, 11) is 1.54. The molecular weight excluding hydrogens is 354 g/mol. The number of benzene rings is 2. The van der Waals surface area contributed by atoms with Gasteiger partial charge in [-0.15, -0.1) is 0 Å². The van der Waals surface area contributed by atoms with E-state index in [1.165, 1.54) is 7.11 Å². The number of aromatic nitrogens is 1. The lowest BCUT2D eigenvalue weighted by Crippen LogP contribution is -2.42. The molecule has 0 radical (unpaired) electrons. The molecule has 8 heteroatoms. The number of carbonyl (C=O) groups excluding carboxylic acids is 2. The fourth-order valence-corrected chi connectivity index (χ4v) is 2.87. The van der Waals surface area contributed by atoms with Crippen molar-refractivity contribution in [1.82, 2.24) is 15.8 Å². The minimum Gasteiger partial charge on any atom is -0.496 e. The monoisotopic (exact) mass is 371 g/mol. The number of methoxy groups -OCH3 is 1. The van der Waals surface area contributed by atoms with Crippen LogP contribution in [0.5, 0.6) is 5.75 Å². The Balaban J connectivity index is 1.51. The van der Waals surface area contributed by atoms with Gasteiger partial charge >= 0.3 is 0 Å². The van der Waals surface area contributed by atoms with Crippen LogP contribution in [0, 0.1) is 6.92 Å². The van der Waals surface area contributed by atoms with Crippen molar-refractivity contribution in [2.75, 3.05) is 12.9 Å². The SMILES string of the molecule is COc1cc(C(=O)NNC(=O)CSc2nc3ccccc3o2)ccc1C. The van der Waals surface area contributed by atoms with Crippen LogP contribution in [0.25, 0.3) is 11.1 Å². The fourth-order valence-electron chi connectivity index (χ4n) is 2.24. The van der Waals surface area contributed by atoms with Crippen LogP contribution in [0.2, 0.25) is 0 Å². The number of hydrogen-bond acceptors (Lipinski definition) is 6. The zero-order valence-electron chi connectivity index (χ0n) is 14.2. The molecule has 0 saturated heterocycles. The van der Waals surface area contributed by atoms with Gasteiger partial charge in [-0.25, -0.2) is 4.98 Å². The van der Waals surface area contributed by atoms with Crippen LogP contribution in [0.3, 0.4) is 0 Å². The van der Waals surface area contributed by atoms with E-state index in [9.17, 15) is 9.59 Å². The maximum Gasteiger partial charge on any atom is 0.269 e. The summed E-state index contributed by atoms with van der Waals surface area (Å²) in [5, 5.41) is 0.399. The molecule has 2 aromatic carbocycles. The normalized spacial score (nSPS) is 10.5. The van der Waals surface area contributed by atoms with E-state index in [4.69, 9.17) is 9.15 Å². The number of aryl methyl sites for hydroxylation is 1. The summed E-state index contributed by atoms with van der Waals surface area (Å²) in [5.41, 5.74) is 7.45. The molecule has 0 bridgehead atoms. The minimum atomic E-state index is -0.427. The van der Waals surface area contributed by atoms with E-state index in [1.807, 2.05) is 31.2 Å². The Morgan fingerprint density at radius 1 is 1.19 bits per heavy atom. The molecule has 0 aliphatic heterocycles. The molecule has 26 heavy (non-hydrogen) atoms. The van der Waals surface area contributed by atoms with Crippen molar-refractivity contribution < 1.29 is 18.7 Å². The topological polar surface area (TPSA) is 93.5 Å². The van der Waals surface area contributed by atoms with Gasteiger partial charge in [0.05, 0.1) is 12.9 Å². The maximum atomic E-state index is 12.1. The lowest BCUT2D eigenvalue weighted by Gasteiger charge is -2.09. The molecule has 3 aromatic rings. The highest BCUT2D eigenvalue weighted by atomic mass is 32.2. The number of para-hydroxylation sites is 2. The predicted molar refractivity (Wildman–Crippen MR) is 98.1 cm³/mol. The van der Waals surface area contributed by atoms with E-state index in [-0.39, 0.29) is 11.7 Å². The summed E-state index contributed by atoms with van der Waals surface area (Å²) in [6, 6.07) is 12.4. The Hall–Kier alpha value is -3.00. The minimum absolute atomic E-state index is 0.0598. The Morgan fingerprint density at radius 2 is 2.00 bits per heavy atom. The molecule has 1 heterocycles. The number of hydrazine groups is 1.